The summed E-state index contributed by atoms with van der Waals surface area (Å²) in [6, 6.07) is 12.4. The van der Waals surface area contributed by atoms with Crippen molar-refractivity contribution in [3.8, 4) is 5.75 Å². The summed E-state index contributed by atoms with van der Waals surface area (Å²) in [5, 5.41) is 6.73. The van der Waals surface area contributed by atoms with Crippen molar-refractivity contribution in [1.29, 1.82) is 0 Å². The highest BCUT2D eigenvalue weighted by Crippen LogP contribution is 2.18. The van der Waals surface area contributed by atoms with Gasteiger partial charge in [0.1, 0.15) is 25.4 Å². The Morgan fingerprint density at radius 1 is 1.17 bits per heavy atom. The Hall–Kier alpha value is -3.23. The Labute approximate surface area is 175 Å². The summed E-state index contributed by atoms with van der Waals surface area (Å²) >= 11 is 0. The Morgan fingerprint density at radius 2 is 1.90 bits per heavy atom. The van der Waals surface area contributed by atoms with Crippen molar-refractivity contribution in [3.05, 3.63) is 59.2 Å². The van der Waals surface area contributed by atoms with Gasteiger partial charge in [0, 0.05) is 23.7 Å². The lowest BCUT2D eigenvalue weighted by Gasteiger charge is -2.24. The predicted octanol–water partition coefficient (Wildman–Crippen LogP) is 0.833. The molecule has 1 saturated heterocycles. The molecule has 1 heterocycles. The van der Waals surface area contributed by atoms with Crippen molar-refractivity contribution < 1.29 is 24.0 Å². The lowest BCUT2D eigenvalue weighted by Crippen LogP contribution is -3.12. The van der Waals surface area contributed by atoms with Gasteiger partial charge in [-0.05, 0) is 48.0 Å². The fraction of sp³-hybridized carbons (Fsp3) is 0.318. The number of carbonyl (C=O) groups excluding carboxylic acids is 2. The van der Waals surface area contributed by atoms with E-state index in [2.05, 4.69) is 15.8 Å². The average Bonchev–Trinajstić information content (AvgIpc) is 2.75. The third-order valence-corrected chi connectivity index (χ3v) is 4.79. The quantitative estimate of drug-likeness (QED) is 0.465. The minimum absolute atomic E-state index is 0.161. The fourth-order valence-corrected chi connectivity index (χ4v) is 3.26. The first kappa shape index (κ1) is 21.5. The lowest BCUT2D eigenvalue weighted by atomic mass is 10.1. The Morgan fingerprint density at radius 3 is 2.57 bits per heavy atom. The van der Waals surface area contributed by atoms with E-state index in [1.165, 1.54) is 11.8 Å². The lowest BCUT2D eigenvalue weighted by molar-refractivity contribution is -0.921. The van der Waals surface area contributed by atoms with Crippen LogP contribution in [0.1, 0.15) is 28.4 Å². The fourth-order valence-electron chi connectivity index (χ4n) is 3.26. The Balaban J connectivity index is 1.61. The summed E-state index contributed by atoms with van der Waals surface area (Å²) in [6.07, 6.45) is 1.61. The molecule has 8 heteroatoms. The monoisotopic (exact) mass is 411 g/mol. The number of anilines is 1. The van der Waals surface area contributed by atoms with E-state index in [4.69, 9.17) is 9.47 Å². The number of ether oxygens (including phenoxy) is 2. The van der Waals surface area contributed by atoms with E-state index in [1.54, 1.807) is 37.6 Å². The smallest absolute Gasteiger partial charge is 0.271 e. The van der Waals surface area contributed by atoms with Gasteiger partial charge >= 0.3 is 0 Å². The van der Waals surface area contributed by atoms with Crippen LogP contribution in [0.4, 0.5) is 5.69 Å². The molecule has 0 radical (unpaired) electrons. The number of hydrogen-bond donors (Lipinski definition) is 3. The summed E-state index contributed by atoms with van der Waals surface area (Å²) in [6.45, 7) is 5.77. The first-order chi connectivity index (χ1) is 14.5. The molecule has 2 amide bonds. The zero-order valence-electron chi connectivity index (χ0n) is 17.2. The number of hydrazone groups is 1. The van der Waals surface area contributed by atoms with Gasteiger partial charge in [-0.2, -0.15) is 5.10 Å². The van der Waals surface area contributed by atoms with E-state index in [-0.39, 0.29) is 11.8 Å². The van der Waals surface area contributed by atoms with Crippen molar-refractivity contribution in [2.24, 2.45) is 5.10 Å². The third kappa shape index (κ3) is 6.13. The average molecular weight is 411 g/mol. The molecule has 3 N–H and O–H groups in total. The molecule has 0 bridgehead atoms. The molecular weight excluding hydrogens is 384 g/mol. The molecule has 158 valence electrons. The number of carbonyl (C=O) groups is 2. The maximum absolute atomic E-state index is 12.3. The maximum atomic E-state index is 12.3. The van der Waals surface area contributed by atoms with Crippen molar-refractivity contribution in [2.75, 3.05) is 38.7 Å². The molecule has 0 aromatic heterocycles. The van der Waals surface area contributed by atoms with Crippen molar-refractivity contribution in [2.45, 2.75) is 13.5 Å². The molecule has 1 aliphatic heterocycles. The molecule has 8 nitrogen and oxygen atoms in total. The van der Waals surface area contributed by atoms with Crippen LogP contribution in [0.15, 0.2) is 47.6 Å². The van der Waals surface area contributed by atoms with Gasteiger partial charge in [0.2, 0.25) is 5.91 Å². The standard InChI is InChI=1S/C22H26N4O4/c1-16(27)24-20-6-4-18(5-7-20)22(28)25-23-14-17-3-8-21(29-2)19(13-17)15-26-9-11-30-12-10-26/h3-8,13-14H,9-12,15H2,1-2H3,(H,24,27)(H,25,28)/p+1. The first-order valence-electron chi connectivity index (χ1n) is 9.84. The van der Waals surface area contributed by atoms with Gasteiger partial charge in [0.05, 0.1) is 26.5 Å². The molecule has 1 aliphatic rings. The summed E-state index contributed by atoms with van der Waals surface area (Å²) in [4.78, 5) is 24.8. The van der Waals surface area contributed by atoms with Crippen molar-refractivity contribution >= 4 is 23.7 Å². The van der Waals surface area contributed by atoms with Crippen LogP contribution in [0, 0.1) is 0 Å². The summed E-state index contributed by atoms with van der Waals surface area (Å²) in [7, 11) is 1.67. The molecule has 1 fully saturated rings. The largest absolute Gasteiger partial charge is 0.496 e. The number of nitrogens with one attached hydrogen (secondary N) is 3. The Bertz CT molecular complexity index is 906. The number of hydrogen-bond acceptors (Lipinski definition) is 5. The highest BCUT2D eigenvalue weighted by atomic mass is 16.5. The first-order valence-corrected chi connectivity index (χ1v) is 9.84. The molecule has 0 unspecified atom stereocenters. The van der Waals surface area contributed by atoms with Crippen LogP contribution in [0.2, 0.25) is 0 Å². The van der Waals surface area contributed by atoms with Gasteiger partial charge in [0.25, 0.3) is 5.91 Å². The zero-order chi connectivity index (χ0) is 21.3. The number of methoxy groups -OCH3 is 1. The Kier molecular flexibility index (Phi) is 7.53. The van der Waals surface area contributed by atoms with E-state index in [9.17, 15) is 9.59 Å². The minimum Gasteiger partial charge on any atom is -0.496 e. The third-order valence-electron chi connectivity index (χ3n) is 4.79. The molecule has 2 aromatic carbocycles. The molecule has 0 spiro atoms. The van der Waals surface area contributed by atoms with E-state index in [0.717, 1.165) is 49.7 Å². The second kappa shape index (κ2) is 10.5. The highest BCUT2D eigenvalue weighted by Gasteiger charge is 2.16. The summed E-state index contributed by atoms with van der Waals surface area (Å²) in [5.41, 5.74) is 5.58. The topological polar surface area (TPSA) is 93.5 Å². The molecule has 2 aromatic rings. The van der Waals surface area contributed by atoms with E-state index in [0.29, 0.717) is 11.3 Å². The van der Waals surface area contributed by atoms with Gasteiger partial charge in [0.15, 0.2) is 0 Å². The van der Waals surface area contributed by atoms with Gasteiger partial charge in [-0.25, -0.2) is 5.43 Å². The number of quaternary nitrogens is 1. The van der Waals surface area contributed by atoms with Crippen LogP contribution >= 0.6 is 0 Å². The molecule has 30 heavy (non-hydrogen) atoms. The molecule has 3 rings (SSSR count). The second-order valence-electron chi connectivity index (χ2n) is 7.07. The van der Waals surface area contributed by atoms with E-state index < -0.39 is 0 Å². The molecular formula is C22H27N4O4+. The van der Waals surface area contributed by atoms with Crippen molar-refractivity contribution in [1.82, 2.24) is 5.43 Å². The number of benzene rings is 2. The predicted molar refractivity (Wildman–Crippen MR) is 114 cm³/mol. The van der Waals surface area contributed by atoms with E-state index >= 15 is 0 Å². The van der Waals surface area contributed by atoms with Crippen molar-refractivity contribution in [3.63, 3.8) is 0 Å². The highest BCUT2D eigenvalue weighted by molar-refractivity contribution is 5.96. The van der Waals surface area contributed by atoms with Gasteiger partial charge in [-0.15, -0.1) is 0 Å². The van der Waals surface area contributed by atoms with Crippen LogP contribution in [-0.4, -0.2) is 51.4 Å². The zero-order valence-corrected chi connectivity index (χ0v) is 17.2. The normalized spacial score (nSPS) is 14.5. The SMILES string of the molecule is COc1ccc(C=NNC(=O)c2ccc(NC(C)=O)cc2)cc1C[NH+]1CCOCC1. The second-order valence-corrected chi connectivity index (χ2v) is 7.07. The minimum atomic E-state index is -0.327. The van der Waals surface area contributed by atoms with E-state index in [1.807, 2.05) is 18.2 Å². The van der Waals surface area contributed by atoms with Gasteiger partial charge in [-0.3, -0.25) is 9.59 Å². The number of morpholine rings is 1. The van der Waals surface area contributed by atoms with Crippen LogP contribution in [-0.2, 0) is 16.1 Å². The summed E-state index contributed by atoms with van der Waals surface area (Å²) < 4.78 is 10.9. The van der Waals surface area contributed by atoms with Crippen LogP contribution in [0.25, 0.3) is 0 Å². The van der Waals surface area contributed by atoms with Crippen LogP contribution < -0.4 is 20.4 Å². The number of amides is 2. The van der Waals surface area contributed by atoms with Gasteiger partial charge in [-0.1, -0.05) is 0 Å². The van der Waals surface area contributed by atoms with Gasteiger partial charge < -0.3 is 19.7 Å². The summed E-state index contributed by atoms with van der Waals surface area (Å²) in [5.74, 6) is 0.354. The van der Waals surface area contributed by atoms with Crippen LogP contribution in [0.3, 0.4) is 0 Å². The molecule has 0 saturated carbocycles. The maximum Gasteiger partial charge on any atom is 0.271 e. The number of rotatable bonds is 7. The molecule has 0 atom stereocenters. The molecule has 0 aliphatic carbocycles. The number of nitrogens with zero attached hydrogens (tertiary/aromatic N) is 1. The van der Waals surface area contributed by atoms with Crippen LogP contribution in [0.5, 0.6) is 5.75 Å².